The lowest BCUT2D eigenvalue weighted by Gasteiger charge is -2.41. The lowest BCUT2D eigenvalue weighted by atomic mass is 9.71. The Morgan fingerprint density at radius 1 is 1.00 bits per heavy atom. The molecule has 3 amide bonds. The topological polar surface area (TPSA) is 138 Å². The molecule has 0 radical (unpaired) electrons. The van der Waals surface area contributed by atoms with Crippen molar-refractivity contribution in [1.29, 1.82) is 0 Å². The van der Waals surface area contributed by atoms with E-state index in [0.29, 0.717) is 17.0 Å². The summed E-state index contributed by atoms with van der Waals surface area (Å²) in [6.07, 6.45) is -1.08. The minimum absolute atomic E-state index is 0.0951. The first kappa shape index (κ1) is 31.9. The Balaban J connectivity index is 1.83. The zero-order valence-corrected chi connectivity index (χ0v) is 24.2. The second-order valence-corrected chi connectivity index (χ2v) is 12.0. The van der Waals surface area contributed by atoms with Crippen molar-refractivity contribution in [3.05, 3.63) is 64.7 Å². The SMILES string of the molecule is Cc1ccc(C(F)(F)F)cc1NC(=O)N(Cc1ccc(C(=O)NC(C)(N)/N=N\N)cc1)C1CCC(C(C)(C)C)CC1. The summed E-state index contributed by atoms with van der Waals surface area (Å²) >= 11 is 0. The molecule has 1 aliphatic carbocycles. The summed E-state index contributed by atoms with van der Waals surface area (Å²) < 4.78 is 40.1. The summed E-state index contributed by atoms with van der Waals surface area (Å²) in [6.45, 7) is 9.94. The van der Waals surface area contributed by atoms with Crippen molar-refractivity contribution < 1.29 is 22.8 Å². The van der Waals surface area contributed by atoms with Crippen LogP contribution in [0.2, 0.25) is 0 Å². The van der Waals surface area contributed by atoms with Gasteiger partial charge in [0.05, 0.1) is 5.56 Å². The molecule has 12 heteroatoms. The Morgan fingerprint density at radius 2 is 1.61 bits per heavy atom. The fourth-order valence-corrected chi connectivity index (χ4v) is 5.15. The van der Waals surface area contributed by atoms with Gasteiger partial charge in [0.1, 0.15) is 0 Å². The summed E-state index contributed by atoms with van der Waals surface area (Å²) in [7, 11) is 0. The molecule has 0 heterocycles. The molecule has 0 bridgehead atoms. The first-order valence-electron chi connectivity index (χ1n) is 13.6. The predicted octanol–water partition coefficient (Wildman–Crippen LogP) is 6.34. The molecular formula is C29H40F3N7O2. The first-order valence-corrected chi connectivity index (χ1v) is 13.6. The van der Waals surface area contributed by atoms with Crippen LogP contribution in [-0.2, 0) is 12.7 Å². The van der Waals surface area contributed by atoms with Crippen molar-refractivity contribution in [2.75, 3.05) is 5.32 Å². The van der Waals surface area contributed by atoms with Crippen LogP contribution in [0.1, 0.15) is 80.4 Å². The van der Waals surface area contributed by atoms with Gasteiger partial charge in [0, 0.05) is 23.8 Å². The summed E-state index contributed by atoms with van der Waals surface area (Å²) in [5.41, 5.74) is 6.87. The maximum atomic E-state index is 13.6. The van der Waals surface area contributed by atoms with Crippen LogP contribution in [-0.4, -0.2) is 28.7 Å². The molecule has 2 aromatic rings. The molecule has 224 valence electrons. The summed E-state index contributed by atoms with van der Waals surface area (Å²) in [5.74, 6) is 3.58. The van der Waals surface area contributed by atoms with Crippen LogP contribution in [0, 0.1) is 18.3 Å². The van der Waals surface area contributed by atoms with Gasteiger partial charge in [0.2, 0.25) is 5.79 Å². The zero-order chi connectivity index (χ0) is 30.6. The highest BCUT2D eigenvalue weighted by atomic mass is 19.4. The van der Waals surface area contributed by atoms with Crippen molar-refractivity contribution in [3.8, 4) is 0 Å². The van der Waals surface area contributed by atoms with Crippen LogP contribution in [0.4, 0.5) is 23.7 Å². The van der Waals surface area contributed by atoms with Gasteiger partial charge in [-0.2, -0.15) is 13.2 Å². The number of benzene rings is 2. The van der Waals surface area contributed by atoms with E-state index >= 15 is 0 Å². The van der Waals surface area contributed by atoms with E-state index in [4.69, 9.17) is 11.6 Å². The van der Waals surface area contributed by atoms with Crippen LogP contribution < -0.4 is 22.2 Å². The van der Waals surface area contributed by atoms with E-state index in [0.717, 1.165) is 43.4 Å². The highest BCUT2D eigenvalue weighted by Gasteiger charge is 2.35. The molecule has 0 spiro atoms. The maximum Gasteiger partial charge on any atom is 0.416 e. The number of nitrogens with one attached hydrogen (secondary N) is 2. The van der Waals surface area contributed by atoms with Crippen LogP contribution in [0.3, 0.4) is 0 Å². The minimum atomic E-state index is -4.53. The summed E-state index contributed by atoms with van der Waals surface area (Å²) in [6, 6.07) is 9.40. The van der Waals surface area contributed by atoms with Gasteiger partial charge in [-0.3, -0.25) is 10.5 Å². The Kier molecular flexibility index (Phi) is 9.68. The van der Waals surface area contributed by atoms with Crippen molar-refractivity contribution in [2.24, 2.45) is 33.2 Å². The number of nitrogens with zero attached hydrogens (tertiary/aromatic N) is 3. The normalized spacial score (nSPS) is 19.4. The van der Waals surface area contributed by atoms with Crippen molar-refractivity contribution in [1.82, 2.24) is 10.2 Å². The molecule has 3 rings (SSSR count). The molecule has 0 aromatic heterocycles. The molecule has 9 nitrogen and oxygen atoms in total. The molecule has 41 heavy (non-hydrogen) atoms. The number of carbonyl (C=O) groups is 2. The van der Waals surface area contributed by atoms with E-state index in [2.05, 4.69) is 41.7 Å². The molecule has 1 unspecified atom stereocenters. The smallest absolute Gasteiger partial charge is 0.317 e. The number of rotatable bonds is 7. The van der Waals surface area contributed by atoms with E-state index in [1.807, 2.05) is 0 Å². The standard InChI is InChI=1S/C29H40F3N7O2/c1-18-6-11-22(29(30,31)32)16-24(18)35-26(41)39(23-14-12-21(13-15-23)27(2,3)4)17-19-7-9-20(10-8-19)25(40)36-28(5,33)37-38-34/h6-11,16,21,23H,12-15,17,33H2,1-5H3,(H2,34,37)(H,35,41)(H,36,40). The van der Waals surface area contributed by atoms with Crippen LogP contribution in [0.25, 0.3) is 0 Å². The number of anilines is 1. The third-order valence-corrected chi connectivity index (χ3v) is 7.63. The first-order chi connectivity index (χ1) is 19.0. The highest BCUT2D eigenvalue weighted by molar-refractivity contribution is 5.94. The fraction of sp³-hybridized carbons (Fsp3) is 0.517. The summed E-state index contributed by atoms with van der Waals surface area (Å²) in [5, 5.41) is 11.9. The zero-order valence-electron chi connectivity index (χ0n) is 24.2. The lowest BCUT2D eigenvalue weighted by molar-refractivity contribution is -0.137. The van der Waals surface area contributed by atoms with Crippen LogP contribution in [0.15, 0.2) is 52.8 Å². The van der Waals surface area contributed by atoms with Gasteiger partial charge in [-0.15, -0.1) is 5.11 Å². The number of aryl methyl sites for hydroxylation is 1. The average molecular weight is 576 g/mol. The second-order valence-electron chi connectivity index (χ2n) is 12.0. The molecule has 6 N–H and O–H groups in total. The number of hydrogen-bond acceptors (Lipinski definition) is 5. The maximum absolute atomic E-state index is 13.6. The molecule has 2 aromatic carbocycles. The number of urea groups is 1. The number of hydrogen-bond donors (Lipinski definition) is 4. The number of carbonyl (C=O) groups excluding carboxylic acids is 2. The van der Waals surface area contributed by atoms with Gasteiger partial charge in [0.25, 0.3) is 5.91 Å². The predicted molar refractivity (Wildman–Crippen MR) is 151 cm³/mol. The molecule has 1 fully saturated rings. The quantitative estimate of drug-likeness (QED) is 0.132. The van der Waals surface area contributed by atoms with Gasteiger partial charge < -0.3 is 21.4 Å². The Bertz CT molecular complexity index is 1250. The molecule has 0 aliphatic heterocycles. The van der Waals surface area contributed by atoms with E-state index in [1.165, 1.54) is 13.0 Å². The average Bonchev–Trinajstić information content (AvgIpc) is 2.87. The third-order valence-electron chi connectivity index (χ3n) is 7.63. The number of amides is 3. The molecular weight excluding hydrogens is 535 g/mol. The van der Waals surface area contributed by atoms with E-state index in [1.54, 1.807) is 36.1 Å². The molecule has 0 saturated heterocycles. The summed E-state index contributed by atoms with van der Waals surface area (Å²) in [4.78, 5) is 27.9. The van der Waals surface area contributed by atoms with Crippen molar-refractivity contribution in [3.63, 3.8) is 0 Å². The van der Waals surface area contributed by atoms with Gasteiger partial charge >= 0.3 is 12.2 Å². The minimum Gasteiger partial charge on any atom is -0.317 e. The van der Waals surface area contributed by atoms with E-state index in [9.17, 15) is 22.8 Å². The highest BCUT2D eigenvalue weighted by Crippen LogP contribution is 2.39. The molecule has 1 atom stereocenters. The number of halogens is 3. The molecule has 1 saturated carbocycles. The van der Waals surface area contributed by atoms with Crippen LogP contribution >= 0.6 is 0 Å². The van der Waals surface area contributed by atoms with Crippen molar-refractivity contribution >= 4 is 17.6 Å². The Morgan fingerprint density at radius 3 is 2.15 bits per heavy atom. The van der Waals surface area contributed by atoms with E-state index < -0.39 is 29.5 Å². The molecule has 1 aliphatic rings. The second kappa shape index (κ2) is 12.5. The largest absolute Gasteiger partial charge is 0.416 e. The van der Waals surface area contributed by atoms with Gasteiger partial charge in [-0.25, -0.2) is 4.79 Å². The van der Waals surface area contributed by atoms with Gasteiger partial charge in [0.15, 0.2) is 0 Å². The number of alkyl halides is 3. The van der Waals surface area contributed by atoms with Crippen LogP contribution in [0.5, 0.6) is 0 Å². The monoisotopic (exact) mass is 575 g/mol. The van der Waals surface area contributed by atoms with Gasteiger partial charge in [-0.05, 0) is 86.3 Å². The fourth-order valence-electron chi connectivity index (χ4n) is 5.15. The third kappa shape index (κ3) is 8.66. The van der Waals surface area contributed by atoms with Crippen molar-refractivity contribution in [2.45, 2.75) is 84.9 Å². The van der Waals surface area contributed by atoms with Gasteiger partial charge in [-0.1, -0.05) is 44.2 Å². The van der Waals surface area contributed by atoms with E-state index in [-0.39, 0.29) is 23.7 Å². The number of nitrogens with two attached hydrogens (primary N) is 2. The lowest BCUT2D eigenvalue weighted by Crippen LogP contribution is -2.51. The Hall–Kier alpha value is -3.67. The Labute approximate surface area is 238 Å².